The number of hydrogen-bond acceptors (Lipinski definition) is 6. The predicted octanol–water partition coefficient (Wildman–Crippen LogP) is 1.33. The van der Waals surface area contributed by atoms with Crippen molar-refractivity contribution in [2.75, 3.05) is 12.0 Å². The summed E-state index contributed by atoms with van der Waals surface area (Å²) < 4.78 is 26.4. The third-order valence-corrected chi connectivity index (χ3v) is 4.65. The molecule has 1 aromatic rings. The standard InChI is InChI=1S/C10H14N2O5S2/c1-7(6-18-2)11-19(16,17)8-3-4-10(13)9(5-8)12(14)15/h3-5,7,11,13H,6H2,1-2H3. The SMILES string of the molecule is CSCC(C)NS(=O)(=O)c1ccc(O)c([N+](=O)[O-])c1. The van der Waals surface area contributed by atoms with Crippen LogP contribution in [-0.2, 0) is 10.0 Å². The highest BCUT2D eigenvalue weighted by molar-refractivity contribution is 7.98. The Labute approximate surface area is 115 Å². The van der Waals surface area contributed by atoms with Gasteiger partial charge in [-0.15, -0.1) is 0 Å². The van der Waals surface area contributed by atoms with Crippen LogP contribution in [0.1, 0.15) is 6.92 Å². The van der Waals surface area contributed by atoms with Crippen LogP contribution in [0.3, 0.4) is 0 Å². The number of nitro groups is 1. The van der Waals surface area contributed by atoms with Crippen molar-refractivity contribution in [1.82, 2.24) is 4.72 Å². The molecular weight excluding hydrogens is 292 g/mol. The van der Waals surface area contributed by atoms with Crippen molar-refractivity contribution in [3.05, 3.63) is 28.3 Å². The van der Waals surface area contributed by atoms with E-state index in [0.717, 1.165) is 18.2 Å². The molecule has 0 fully saturated rings. The molecule has 0 saturated carbocycles. The van der Waals surface area contributed by atoms with Gasteiger partial charge in [-0.1, -0.05) is 0 Å². The minimum atomic E-state index is -3.83. The number of nitro benzene ring substituents is 1. The lowest BCUT2D eigenvalue weighted by Gasteiger charge is -2.12. The summed E-state index contributed by atoms with van der Waals surface area (Å²) in [5, 5.41) is 19.9. The maximum atomic E-state index is 12.0. The largest absolute Gasteiger partial charge is 0.502 e. The fourth-order valence-electron chi connectivity index (χ4n) is 1.43. The lowest BCUT2D eigenvalue weighted by atomic mass is 10.3. The highest BCUT2D eigenvalue weighted by Gasteiger charge is 2.22. The fraction of sp³-hybridized carbons (Fsp3) is 0.400. The second kappa shape index (κ2) is 6.22. The molecule has 1 rings (SSSR count). The Morgan fingerprint density at radius 2 is 2.16 bits per heavy atom. The van der Waals surface area contributed by atoms with Gasteiger partial charge in [0.1, 0.15) is 0 Å². The van der Waals surface area contributed by atoms with Gasteiger partial charge in [0.05, 0.1) is 9.82 Å². The molecule has 1 unspecified atom stereocenters. The van der Waals surface area contributed by atoms with Crippen LogP contribution in [0.2, 0.25) is 0 Å². The summed E-state index contributed by atoms with van der Waals surface area (Å²) in [6, 6.07) is 2.65. The van der Waals surface area contributed by atoms with E-state index in [2.05, 4.69) is 4.72 Å². The number of nitrogens with one attached hydrogen (secondary N) is 1. The summed E-state index contributed by atoms with van der Waals surface area (Å²) in [5.41, 5.74) is -0.639. The number of benzene rings is 1. The van der Waals surface area contributed by atoms with Crippen LogP contribution in [0.15, 0.2) is 23.1 Å². The van der Waals surface area contributed by atoms with Crippen LogP contribution < -0.4 is 4.72 Å². The van der Waals surface area contributed by atoms with E-state index in [9.17, 15) is 23.6 Å². The smallest absolute Gasteiger partial charge is 0.312 e. The zero-order chi connectivity index (χ0) is 14.6. The van der Waals surface area contributed by atoms with Gasteiger partial charge in [-0.2, -0.15) is 11.8 Å². The van der Waals surface area contributed by atoms with E-state index >= 15 is 0 Å². The zero-order valence-corrected chi connectivity index (χ0v) is 12.0. The van der Waals surface area contributed by atoms with Crippen LogP contribution in [0.25, 0.3) is 0 Å². The first-order valence-corrected chi connectivity index (χ1v) is 8.14. The van der Waals surface area contributed by atoms with Gasteiger partial charge in [-0.25, -0.2) is 13.1 Å². The molecule has 1 atom stereocenters. The molecule has 7 nitrogen and oxygen atoms in total. The highest BCUT2D eigenvalue weighted by atomic mass is 32.2. The first-order chi connectivity index (χ1) is 8.77. The number of phenolic OH excluding ortho intramolecular Hbond substituents is 1. The van der Waals surface area contributed by atoms with Gasteiger partial charge in [0.2, 0.25) is 10.0 Å². The van der Waals surface area contributed by atoms with Crippen LogP contribution in [0, 0.1) is 10.1 Å². The second-order valence-electron chi connectivity index (χ2n) is 3.89. The van der Waals surface area contributed by atoms with Gasteiger partial charge < -0.3 is 5.11 Å². The van der Waals surface area contributed by atoms with E-state index in [0.29, 0.717) is 5.75 Å². The Morgan fingerprint density at radius 1 is 1.53 bits per heavy atom. The summed E-state index contributed by atoms with van der Waals surface area (Å²) in [4.78, 5) is 9.57. The minimum Gasteiger partial charge on any atom is -0.502 e. The highest BCUT2D eigenvalue weighted by Crippen LogP contribution is 2.28. The van der Waals surface area contributed by atoms with Crippen molar-refractivity contribution < 1.29 is 18.4 Å². The average Bonchev–Trinajstić information content (AvgIpc) is 2.28. The lowest BCUT2D eigenvalue weighted by molar-refractivity contribution is -0.386. The maximum absolute atomic E-state index is 12.0. The minimum absolute atomic E-state index is 0.245. The van der Waals surface area contributed by atoms with Crippen molar-refractivity contribution in [1.29, 1.82) is 0 Å². The quantitative estimate of drug-likeness (QED) is 0.606. The fourth-order valence-corrected chi connectivity index (χ4v) is 3.39. The van der Waals surface area contributed by atoms with Crippen molar-refractivity contribution in [2.45, 2.75) is 17.9 Å². The van der Waals surface area contributed by atoms with Crippen LogP contribution >= 0.6 is 11.8 Å². The number of sulfonamides is 1. The van der Waals surface area contributed by atoms with E-state index in [-0.39, 0.29) is 10.9 Å². The lowest BCUT2D eigenvalue weighted by Crippen LogP contribution is -2.34. The summed E-state index contributed by atoms with van der Waals surface area (Å²) in [6.07, 6.45) is 1.84. The number of nitrogens with zero attached hydrogens (tertiary/aromatic N) is 1. The van der Waals surface area contributed by atoms with E-state index in [1.165, 1.54) is 11.8 Å². The van der Waals surface area contributed by atoms with E-state index in [1.807, 2.05) is 6.26 Å². The maximum Gasteiger partial charge on any atom is 0.312 e. The monoisotopic (exact) mass is 306 g/mol. The summed E-state index contributed by atoms with van der Waals surface area (Å²) in [7, 11) is -3.83. The van der Waals surface area contributed by atoms with Crippen LogP contribution in [0.4, 0.5) is 5.69 Å². The Hall–Kier alpha value is -1.32. The molecule has 0 amide bonds. The van der Waals surface area contributed by atoms with Gasteiger partial charge >= 0.3 is 5.69 Å². The normalized spacial score (nSPS) is 13.2. The molecule has 0 saturated heterocycles. The molecule has 0 aromatic heterocycles. The third-order valence-electron chi connectivity index (χ3n) is 2.23. The van der Waals surface area contributed by atoms with Crippen molar-refractivity contribution >= 4 is 27.5 Å². The van der Waals surface area contributed by atoms with Gasteiger partial charge in [0.15, 0.2) is 5.75 Å². The molecular formula is C10H14N2O5S2. The summed E-state index contributed by atoms with van der Waals surface area (Å²) in [5.74, 6) is 0.0143. The van der Waals surface area contributed by atoms with Gasteiger partial charge in [0, 0.05) is 17.9 Å². The Kier molecular flexibility index (Phi) is 5.15. The Morgan fingerprint density at radius 3 is 2.68 bits per heavy atom. The topological polar surface area (TPSA) is 110 Å². The van der Waals surface area contributed by atoms with Crippen molar-refractivity contribution in [3.8, 4) is 5.75 Å². The molecule has 19 heavy (non-hydrogen) atoms. The number of aromatic hydroxyl groups is 1. The third kappa shape index (κ3) is 4.08. The van der Waals surface area contributed by atoms with Gasteiger partial charge in [-0.05, 0) is 25.3 Å². The van der Waals surface area contributed by atoms with E-state index < -0.39 is 26.4 Å². The molecule has 106 valence electrons. The summed E-state index contributed by atoms with van der Waals surface area (Å²) in [6.45, 7) is 1.70. The summed E-state index contributed by atoms with van der Waals surface area (Å²) >= 11 is 1.48. The van der Waals surface area contributed by atoms with E-state index in [4.69, 9.17) is 0 Å². The molecule has 0 aliphatic rings. The molecule has 2 N–H and O–H groups in total. The van der Waals surface area contributed by atoms with Crippen molar-refractivity contribution in [2.24, 2.45) is 0 Å². The van der Waals surface area contributed by atoms with Crippen molar-refractivity contribution in [3.63, 3.8) is 0 Å². The Bertz CT molecular complexity index is 573. The molecule has 0 spiro atoms. The van der Waals surface area contributed by atoms with Gasteiger partial charge in [-0.3, -0.25) is 10.1 Å². The first-order valence-electron chi connectivity index (χ1n) is 5.26. The van der Waals surface area contributed by atoms with Crippen LogP contribution in [0.5, 0.6) is 5.75 Å². The second-order valence-corrected chi connectivity index (χ2v) is 6.51. The average molecular weight is 306 g/mol. The molecule has 0 aliphatic carbocycles. The zero-order valence-electron chi connectivity index (χ0n) is 10.4. The number of rotatable bonds is 6. The molecule has 9 heteroatoms. The molecule has 1 aromatic carbocycles. The molecule has 0 bridgehead atoms. The first kappa shape index (κ1) is 15.7. The number of hydrogen-bond donors (Lipinski definition) is 2. The molecule has 0 heterocycles. The molecule has 0 radical (unpaired) electrons. The number of phenols is 1. The van der Waals surface area contributed by atoms with Gasteiger partial charge in [0.25, 0.3) is 0 Å². The van der Waals surface area contributed by atoms with Crippen LogP contribution in [-0.4, -0.2) is 36.5 Å². The molecule has 0 aliphatic heterocycles. The Balaban J connectivity index is 3.08. The predicted molar refractivity (Wildman–Crippen MR) is 72.9 cm³/mol. The van der Waals surface area contributed by atoms with E-state index in [1.54, 1.807) is 6.92 Å². The number of thioether (sulfide) groups is 1.